The summed E-state index contributed by atoms with van der Waals surface area (Å²) in [7, 11) is 0. The molecule has 3 rings (SSSR count). The minimum Gasteiger partial charge on any atom is -0.481 e. The topological polar surface area (TPSA) is 138 Å². The Hall–Kier alpha value is -2.81. The number of hydroxylamine groups is 1. The van der Waals surface area contributed by atoms with Gasteiger partial charge in [0.05, 0.1) is 12.1 Å². The van der Waals surface area contributed by atoms with E-state index >= 15 is 0 Å². The molecule has 0 radical (unpaired) electrons. The monoisotopic (exact) mass is 416 g/mol. The lowest BCUT2D eigenvalue weighted by molar-refractivity contribution is -0.136. The molecule has 0 aromatic carbocycles. The summed E-state index contributed by atoms with van der Waals surface area (Å²) in [5.41, 5.74) is 2.72. The van der Waals surface area contributed by atoms with Gasteiger partial charge in [0.2, 0.25) is 17.6 Å². The van der Waals surface area contributed by atoms with Crippen LogP contribution in [0, 0.1) is 5.92 Å². The molecule has 2 aromatic rings. The van der Waals surface area contributed by atoms with Crippen LogP contribution in [0.4, 0.5) is 0 Å². The second-order valence-electron chi connectivity index (χ2n) is 7.94. The summed E-state index contributed by atoms with van der Waals surface area (Å²) in [4.78, 5) is 31.1. The molecular formula is C21H28N4O5. The van der Waals surface area contributed by atoms with Crippen molar-refractivity contribution in [1.82, 2.24) is 20.6 Å². The number of rotatable bonds is 10. The van der Waals surface area contributed by atoms with Gasteiger partial charge in [-0.05, 0) is 24.5 Å². The zero-order chi connectivity index (χ0) is 21.3. The molecule has 1 saturated carbocycles. The van der Waals surface area contributed by atoms with E-state index in [-0.39, 0.29) is 18.8 Å². The summed E-state index contributed by atoms with van der Waals surface area (Å²) in [5, 5.41) is 21.7. The highest BCUT2D eigenvalue weighted by atomic mass is 16.5. The van der Waals surface area contributed by atoms with Crippen LogP contribution in [-0.2, 0) is 16.0 Å². The van der Waals surface area contributed by atoms with Gasteiger partial charge in [-0.25, -0.2) is 5.48 Å². The third-order valence-electron chi connectivity index (χ3n) is 5.65. The lowest BCUT2D eigenvalue weighted by atomic mass is 9.84. The van der Waals surface area contributed by atoms with Crippen LogP contribution in [0.5, 0.6) is 0 Å². The summed E-state index contributed by atoms with van der Waals surface area (Å²) in [6.45, 7) is 0. The van der Waals surface area contributed by atoms with Gasteiger partial charge >= 0.3 is 5.97 Å². The smallest absolute Gasteiger partial charge is 0.309 e. The lowest BCUT2D eigenvalue weighted by Gasteiger charge is -2.22. The molecule has 1 aliphatic rings. The molecule has 0 unspecified atom stereocenters. The Labute approximate surface area is 174 Å². The molecule has 9 nitrogen and oxygen atoms in total. The van der Waals surface area contributed by atoms with Crippen molar-refractivity contribution < 1.29 is 24.4 Å². The summed E-state index contributed by atoms with van der Waals surface area (Å²) >= 11 is 0. The van der Waals surface area contributed by atoms with E-state index in [1.807, 2.05) is 0 Å². The first-order valence-corrected chi connectivity index (χ1v) is 10.5. The predicted molar refractivity (Wildman–Crippen MR) is 107 cm³/mol. The quantitative estimate of drug-likeness (QED) is 0.395. The van der Waals surface area contributed by atoms with Crippen LogP contribution >= 0.6 is 0 Å². The first-order chi connectivity index (χ1) is 14.5. The van der Waals surface area contributed by atoms with Gasteiger partial charge in [-0.2, -0.15) is 4.98 Å². The fourth-order valence-corrected chi connectivity index (χ4v) is 4.05. The molecule has 1 atom stereocenters. The highest BCUT2D eigenvalue weighted by Crippen LogP contribution is 2.31. The van der Waals surface area contributed by atoms with E-state index in [1.54, 1.807) is 17.6 Å². The number of carboxylic acids is 1. The fourth-order valence-electron chi connectivity index (χ4n) is 4.05. The Bertz CT molecular complexity index is 830. The molecule has 1 amide bonds. The largest absolute Gasteiger partial charge is 0.481 e. The van der Waals surface area contributed by atoms with Gasteiger partial charge in [0.25, 0.3) is 0 Å². The predicted octanol–water partition coefficient (Wildman–Crippen LogP) is 3.49. The van der Waals surface area contributed by atoms with Crippen molar-refractivity contribution in [1.29, 1.82) is 0 Å². The molecule has 162 valence electrons. The number of amides is 1. The molecule has 3 N–H and O–H groups in total. The fraction of sp³-hybridized carbons (Fsp3) is 0.571. The summed E-state index contributed by atoms with van der Waals surface area (Å²) < 4.78 is 5.42. The molecule has 9 heteroatoms. The minimum atomic E-state index is -0.949. The zero-order valence-corrected chi connectivity index (χ0v) is 16.9. The Morgan fingerprint density at radius 3 is 2.70 bits per heavy atom. The minimum absolute atomic E-state index is 0.0681. The average molecular weight is 416 g/mol. The standard InChI is InChI=1S/C21H28N4O5/c26-18(24-29)11-15(8-4-7-14-5-2-1-3-6-14)21-23-20(25-30-21)16-9-10-17(22-13-16)12-19(27)28/h9-10,13-15,29H,1-8,11-12H2,(H,24,26)(H,27,28)/t15-/m1/s1. The normalized spacial score (nSPS) is 15.6. The van der Waals surface area contributed by atoms with Crippen molar-refractivity contribution in [2.24, 2.45) is 5.92 Å². The van der Waals surface area contributed by atoms with Gasteiger partial charge in [0, 0.05) is 24.1 Å². The molecule has 2 aromatic heterocycles. The van der Waals surface area contributed by atoms with Crippen molar-refractivity contribution in [2.45, 2.75) is 70.1 Å². The first kappa shape index (κ1) is 21.9. The number of aromatic nitrogens is 3. The van der Waals surface area contributed by atoms with Crippen LogP contribution in [0.3, 0.4) is 0 Å². The van der Waals surface area contributed by atoms with Gasteiger partial charge in [-0.15, -0.1) is 0 Å². The van der Waals surface area contributed by atoms with E-state index in [0.717, 1.165) is 25.2 Å². The van der Waals surface area contributed by atoms with Gasteiger partial charge in [-0.1, -0.05) is 50.1 Å². The average Bonchev–Trinajstić information content (AvgIpc) is 3.24. The number of carboxylic acid groups (broad SMARTS) is 1. The maximum absolute atomic E-state index is 11.8. The number of pyridine rings is 1. The Kier molecular flexibility index (Phi) is 7.89. The van der Waals surface area contributed by atoms with Crippen LogP contribution in [0.25, 0.3) is 11.4 Å². The van der Waals surface area contributed by atoms with Crippen molar-refractivity contribution in [3.8, 4) is 11.4 Å². The molecule has 30 heavy (non-hydrogen) atoms. The van der Waals surface area contributed by atoms with Crippen LogP contribution < -0.4 is 5.48 Å². The molecule has 1 aliphatic carbocycles. The summed E-state index contributed by atoms with van der Waals surface area (Å²) in [6.07, 6.45) is 10.7. The van der Waals surface area contributed by atoms with E-state index in [4.69, 9.17) is 14.8 Å². The molecule has 0 spiro atoms. The highest BCUT2D eigenvalue weighted by molar-refractivity contribution is 5.75. The molecule has 0 aliphatic heterocycles. The first-order valence-electron chi connectivity index (χ1n) is 10.5. The number of carbonyl (C=O) groups excluding carboxylic acids is 1. The highest BCUT2D eigenvalue weighted by Gasteiger charge is 2.23. The zero-order valence-electron chi connectivity index (χ0n) is 16.9. The van der Waals surface area contributed by atoms with Gasteiger partial charge in [0.1, 0.15) is 0 Å². The second-order valence-corrected chi connectivity index (χ2v) is 7.94. The maximum Gasteiger partial charge on any atom is 0.309 e. The Morgan fingerprint density at radius 1 is 1.23 bits per heavy atom. The van der Waals surface area contributed by atoms with E-state index in [2.05, 4.69) is 15.1 Å². The van der Waals surface area contributed by atoms with Crippen molar-refractivity contribution in [2.75, 3.05) is 0 Å². The molecule has 0 bridgehead atoms. The summed E-state index contributed by atoms with van der Waals surface area (Å²) in [6, 6.07) is 3.30. The van der Waals surface area contributed by atoms with Crippen LogP contribution in [-0.4, -0.2) is 37.3 Å². The SMILES string of the molecule is O=C(O)Cc1ccc(-c2noc([C@H](CCCC3CCCCC3)CC(=O)NO)n2)cn1. The number of hydrogen-bond acceptors (Lipinski definition) is 7. The molecule has 2 heterocycles. The lowest BCUT2D eigenvalue weighted by Crippen LogP contribution is -2.21. The number of carbonyl (C=O) groups is 2. The number of hydrogen-bond donors (Lipinski definition) is 3. The summed E-state index contributed by atoms with van der Waals surface area (Å²) in [5.74, 6) is -0.277. The van der Waals surface area contributed by atoms with Crippen molar-refractivity contribution >= 4 is 11.9 Å². The maximum atomic E-state index is 11.8. The van der Waals surface area contributed by atoms with Crippen molar-refractivity contribution in [3.05, 3.63) is 29.9 Å². The van der Waals surface area contributed by atoms with E-state index in [9.17, 15) is 9.59 Å². The van der Waals surface area contributed by atoms with Gasteiger partial charge in [0.15, 0.2) is 0 Å². The molecular weight excluding hydrogens is 388 g/mol. The number of nitrogens with zero attached hydrogens (tertiary/aromatic N) is 3. The van der Waals surface area contributed by atoms with Crippen molar-refractivity contribution in [3.63, 3.8) is 0 Å². The molecule has 1 fully saturated rings. The number of nitrogens with one attached hydrogen (secondary N) is 1. The van der Waals surface area contributed by atoms with Crippen LogP contribution in [0.1, 0.15) is 75.3 Å². The van der Waals surface area contributed by atoms with Gasteiger partial charge < -0.3 is 9.63 Å². The van der Waals surface area contributed by atoms with Gasteiger partial charge in [-0.3, -0.25) is 19.8 Å². The van der Waals surface area contributed by atoms with E-state index in [1.165, 1.54) is 38.3 Å². The van der Waals surface area contributed by atoms with E-state index in [0.29, 0.717) is 23.0 Å². The van der Waals surface area contributed by atoms with E-state index < -0.39 is 11.9 Å². The molecule has 0 saturated heterocycles. The Balaban J connectivity index is 1.65. The number of aliphatic carboxylic acids is 1. The van der Waals surface area contributed by atoms with Crippen LogP contribution in [0.2, 0.25) is 0 Å². The van der Waals surface area contributed by atoms with Crippen LogP contribution in [0.15, 0.2) is 22.9 Å². The Morgan fingerprint density at radius 2 is 2.03 bits per heavy atom. The third-order valence-corrected chi connectivity index (χ3v) is 5.65. The second kappa shape index (κ2) is 10.8. The third kappa shape index (κ3) is 6.35.